The molecular formula is C18H16F3N3O2S. The van der Waals surface area contributed by atoms with Gasteiger partial charge in [0.2, 0.25) is 10.0 Å². The number of hydrogen-bond acceptors (Lipinski definition) is 4. The summed E-state index contributed by atoms with van der Waals surface area (Å²) in [6, 6.07) is 8.47. The quantitative estimate of drug-likeness (QED) is 0.628. The number of hydrogen-bond donors (Lipinski definition) is 2. The molecule has 0 radical (unpaired) electrons. The molecule has 0 amide bonds. The number of nitrogens with two attached hydrogens (primary N) is 1. The molecule has 0 aliphatic rings. The first kappa shape index (κ1) is 19.3. The Balaban J connectivity index is 1.74. The molecule has 142 valence electrons. The molecule has 5 nitrogen and oxygen atoms in total. The van der Waals surface area contributed by atoms with Gasteiger partial charge >= 0.3 is 0 Å². The van der Waals surface area contributed by atoms with Crippen molar-refractivity contribution in [3.05, 3.63) is 71.7 Å². The van der Waals surface area contributed by atoms with Crippen molar-refractivity contribution in [2.75, 3.05) is 6.54 Å². The lowest BCUT2D eigenvalue weighted by atomic mass is 10.1. The fourth-order valence-electron chi connectivity index (χ4n) is 2.66. The average Bonchev–Trinajstić information content (AvgIpc) is 2.64. The lowest BCUT2D eigenvalue weighted by Gasteiger charge is -2.14. The third kappa shape index (κ3) is 4.26. The Bertz CT molecular complexity index is 1090. The molecule has 3 N–H and O–H groups in total. The van der Waals surface area contributed by atoms with E-state index in [1.807, 2.05) is 0 Å². The summed E-state index contributed by atoms with van der Waals surface area (Å²) in [4.78, 5) is 4.09. The standard InChI is InChI=1S/C18H16F3N3O2S/c19-14-9-16(21)15(20)8-12(14)7-13(22)10-24-27(25,26)17-5-1-3-11-4-2-6-23-18(11)17/h1-6,8-9,13,24H,7,10,22H2/t13-/m1/s1. The van der Waals surface area contributed by atoms with E-state index in [0.717, 1.165) is 0 Å². The minimum Gasteiger partial charge on any atom is -0.326 e. The van der Waals surface area contributed by atoms with Gasteiger partial charge in [-0.25, -0.2) is 26.3 Å². The van der Waals surface area contributed by atoms with Crippen LogP contribution in [0.4, 0.5) is 13.2 Å². The fourth-order valence-corrected chi connectivity index (χ4v) is 3.93. The molecule has 1 aromatic heterocycles. The highest BCUT2D eigenvalue weighted by atomic mass is 32.2. The van der Waals surface area contributed by atoms with Crippen molar-refractivity contribution in [1.29, 1.82) is 0 Å². The van der Waals surface area contributed by atoms with E-state index < -0.39 is 33.5 Å². The van der Waals surface area contributed by atoms with Crippen molar-refractivity contribution in [3.8, 4) is 0 Å². The molecule has 27 heavy (non-hydrogen) atoms. The van der Waals surface area contributed by atoms with Crippen molar-refractivity contribution in [3.63, 3.8) is 0 Å². The highest BCUT2D eigenvalue weighted by Gasteiger charge is 2.20. The number of aromatic nitrogens is 1. The van der Waals surface area contributed by atoms with Crippen LogP contribution in [0.2, 0.25) is 0 Å². The van der Waals surface area contributed by atoms with Gasteiger partial charge in [-0.2, -0.15) is 0 Å². The van der Waals surface area contributed by atoms with Crippen molar-refractivity contribution in [1.82, 2.24) is 9.71 Å². The number of para-hydroxylation sites is 1. The van der Waals surface area contributed by atoms with Crippen molar-refractivity contribution < 1.29 is 21.6 Å². The minimum absolute atomic E-state index is 0.00759. The highest BCUT2D eigenvalue weighted by molar-refractivity contribution is 7.89. The molecule has 1 heterocycles. The van der Waals surface area contributed by atoms with E-state index in [0.29, 0.717) is 23.0 Å². The molecule has 3 rings (SSSR count). The lowest BCUT2D eigenvalue weighted by molar-refractivity contribution is 0.486. The molecule has 9 heteroatoms. The van der Waals surface area contributed by atoms with Gasteiger partial charge in [0, 0.05) is 30.2 Å². The number of sulfonamides is 1. The molecule has 0 bridgehead atoms. The molecule has 0 spiro atoms. The Morgan fingerprint density at radius 3 is 2.52 bits per heavy atom. The van der Waals surface area contributed by atoms with E-state index in [4.69, 9.17) is 5.73 Å². The SMILES string of the molecule is N[C@@H](CNS(=O)(=O)c1cccc2cccnc12)Cc1cc(F)c(F)cc1F. The second-order valence-electron chi connectivity index (χ2n) is 6.01. The van der Waals surface area contributed by atoms with Gasteiger partial charge in [0.05, 0.1) is 5.52 Å². The molecule has 0 saturated heterocycles. The lowest BCUT2D eigenvalue weighted by Crippen LogP contribution is -2.38. The highest BCUT2D eigenvalue weighted by Crippen LogP contribution is 2.20. The Labute approximate surface area is 154 Å². The van der Waals surface area contributed by atoms with E-state index in [1.165, 1.54) is 12.3 Å². The number of benzene rings is 2. The van der Waals surface area contributed by atoms with Gasteiger partial charge in [-0.05, 0) is 30.2 Å². The van der Waals surface area contributed by atoms with Crippen LogP contribution in [0.25, 0.3) is 10.9 Å². The third-order valence-corrected chi connectivity index (χ3v) is 5.45. The third-order valence-electron chi connectivity index (χ3n) is 3.99. The van der Waals surface area contributed by atoms with E-state index in [1.54, 1.807) is 24.3 Å². The van der Waals surface area contributed by atoms with E-state index in [9.17, 15) is 21.6 Å². The van der Waals surface area contributed by atoms with E-state index in [-0.39, 0.29) is 23.4 Å². The van der Waals surface area contributed by atoms with Gasteiger partial charge in [0.1, 0.15) is 10.7 Å². The van der Waals surface area contributed by atoms with Gasteiger partial charge in [0.25, 0.3) is 0 Å². The zero-order valence-electron chi connectivity index (χ0n) is 14.0. The van der Waals surface area contributed by atoms with Crippen LogP contribution in [-0.2, 0) is 16.4 Å². The first-order valence-corrected chi connectivity index (χ1v) is 9.48. The molecule has 2 aromatic carbocycles. The van der Waals surface area contributed by atoms with Gasteiger partial charge in [-0.3, -0.25) is 4.98 Å². The van der Waals surface area contributed by atoms with Crippen LogP contribution in [0.15, 0.2) is 53.6 Å². The summed E-state index contributed by atoms with van der Waals surface area (Å²) >= 11 is 0. The molecule has 0 aliphatic heterocycles. The number of rotatable bonds is 6. The predicted octanol–water partition coefficient (Wildman–Crippen LogP) is 2.50. The molecule has 0 aliphatic carbocycles. The predicted molar refractivity (Wildman–Crippen MR) is 94.9 cm³/mol. The van der Waals surface area contributed by atoms with Crippen LogP contribution < -0.4 is 10.5 Å². The van der Waals surface area contributed by atoms with Crippen LogP contribution in [0, 0.1) is 17.5 Å². The zero-order valence-corrected chi connectivity index (χ0v) is 14.8. The smallest absolute Gasteiger partial charge is 0.242 e. The summed E-state index contributed by atoms with van der Waals surface area (Å²) in [7, 11) is -3.92. The van der Waals surface area contributed by atoms with Crippen LogP contribution in [0.1, 0.15) is 5.56 Å². The molecule has 1 atom stereocenters. The van der Waals surface area contributed by atoms with Crippen molar-refractivity contribution >= 4 is 20.9 Å². The summed E-state index contributed by atoms with van der Waals surface area (Å²) in [5.74, 6) is -3.43. The van der Waals surface area contributed by atoms with Crippen LogP contribution in [-0.4, -0.2) is 26.0 Å². The van der Waals surface area contributed by atoms with Crippen LogP contribution >= 0.6 is 0 Å². The van der Waals surface area contributed by atoms with Gasteiger partial charge < -0.3 is 5.73 Å². The molecular weight excluding hydrogens is 379 g/mol. The van der Waals surface area contributed by atoms with Gasteiger partial charge in [-0.15, -0.1) is 0 Å². The summed E-state index contributed by atoms with van der Waals surface area (Å²) < 4.78 is 67.4. The Kier molecular flexibility index (Phi) is 5.45. The molecule has 0 fully saturated rings. The number of halogens is 3. The Morgan fingerprint density at radius 1 is 1.04 bits per heavy atom. The maximum atomic E-state index is 13.7. The average molecular weight is 395 g/mol. The maximum absolute atomic E-state index is 13.7. The first-order valence-electron chi connectivity index (χ1n) is 8.00. The first-order chi connectivity index (χ1) is 12.8. The minimum atomic E-state index is -3.92. The fraction of sp³-hybridized carbons (Fsp3) is 0.167. The summed E-state index contributed by atoms with van der Waals surface area (Å²) in [6.45, 7) is -0.218. The second kappa shape index (κ2) is 7.63. The Hall–Kier alpha value is -2.49. The van der Waals surface area contributed by atoms with E-state index in [2.05, 4.69) is 9.71 Å². The molecule has 0 unspecified atom stereocenters. The molecule has 0 saturated carbocycles. The number of pyridine rings is 1. The second-order valence-corrected chi connectivity index (χ2v) is 7.74. The molecule has 3 aromatic rings. The van der Waals surface area contributed by atoms with Gasteiger partial charge in [0.15, 0.2) is 11.6 Å². The number of nitrogens with one attached hydrogen (secondary N) is 1. The monoisotopic (exact) mass is 395 g/mol. The van der Waals surface area contributed by atoms with Crippen molar-refractivity contribution in [2.45, 2.75) is 17.4 Å². The normalized spacial score (nSPS) is 13.0. The Morgan fingerprint density at radius 2 is 1.74 bits per heavy atom. The maximum Gasteiger partial charge on any atom is 0.242 e. The zero-order chi connectivity index (χ0) is 19.6. The topological polar surface area (TPSA) is 85.1 Å². The van der Waals surface area contributed by atoms with Crippen LogP contribution in [0.5, 0.6) is 0 Å². The van der Waals surface area contributed by atoms with Crippen LogP contribution in [0.3, 0.4) is 0 Å². The summed E-state index contributed by atoms with van der Waals surface area (Å²) in [5.41, 5.74) is 6.02. The number of fused-ring (bicyclic) bond motifs is 1. The summed E-state index contributed by atoms with van der Waals surface area (Å²) in [5, 5.41) is 0.661. The number of nitrogens with zero attached hydrogens (tertiary/aromatic N) is 1. The largest absolute Gasteiger partial charge is 0.326 e. The van der Waals surface area contributed by atoms with E-state index >= 15 is 0 Å². The van der Waals surface area contributed by atoms with Gasteiger partial charge in [-0.1, -0.05) is 18.2 Å². The summed E-state index contributed by atoms with van der Waals surface area (Å²) in [6.07, 6.45) is 1.32. The van der Waals surface area contributed by atoms with Crippen molar-refractivity contribution in [2.24, 2.45) is 5.73 Å².